The average Bonchev–Trinajstić information content (AvgIpc) is 2.59. The van der Waals surface area contributed by atoms with Crippen LogP contribution in [-0.4, -0.2) is 4.57 Å². The van der Waals surface area contributed by atoms with Crippen molar-refractivity contribution in [1.82, 2.24) is 4.57 Å². The molecule has 0 spiro atoms. The predicted octanol–water partition coefficient (Wildman–Crippen LogP) is 4.18. The zero-order valence-corrected chi connectivity index (χ0v) is 12.3. The molecule has 0 fully saturated rings. The zero-order valence-electron chi connectivity index (χ0n) is 9.99. The van der Waals surface area contributed by atoms with Gasteiger partial charge < -0.3 is 0 Å². The minimum atomic E-state index is -0.296. The number of nitrogens with zero attached hydrogens (tertiary/aromatic N) is 1. The first-order valence-corrected chi connectivity index (χ1v) is 7.02. The largest absolute Gasteiger partial charge is 0.308 e. The summed E-state index contributed by atoms with van der Waals surface area (Å²) >= 11 is 12.3. The van der Waals surface area contributed by atoms with E-state index in [4.69, 9.17) is 23.2 Å². The van der Waals surface area contributed by atoms with E-state index in [1.165, 1.54) is 12.1 Å². The van der Waals surface area contributed by atoms with E-state index in [0.29, 0.717) is 6.54 Å². The smallest absolute Gasteiger partial charge is 0.298 e. The second kappa shape index (κ2) is 5.90. The van der Waals surface area contributed by atoms with Crippen LogP contribution >= 0.6 is 34.5 Å². The molecule has 0 aliphatic heterocycles. The lowest BCUT2D eigenvalue weighted by Crippen LogP contribution is -2.15. The van der Waals surface area contributed by atoms with E-state index in [1.54, 1.807) is 22.8 Å². The van der Waals surface area contributed by atoms with E-state index in [9.17, 15) is 9.18 Å². The average molecular weight is 318 g/mol. The zero-order chi connectivity index (χ0) is 14.0. The Balaban J connectivity index is 2.36. The molecule has 0 unspecified atom stereocenters. The number of benzene rings is 1. The Morgan fingerprint density at radius 2 is 2.00 bits per heavy atom. The lowest BCUT2D eigenvalue weighted by atomic mass is 10.2. The highest BCUT2D eigenvalue weighted by atomic mass is 35.5. The van der Waals surface area contributed by atoms with E-state index in [-0.39, 0.29) is 15.2 Å². The molecule has 1 heterocycles. The summed E-state index contributed by atoms with van der Waals surface area (Å²) in [6.07, 6.45) is 1.55. The topological polar surface area (TPSA) is 22.0 Å². The summed E-state index contributed by atoms with van der Waals surface area (Å²) in [5, 5.41) is 0. The molecule has 100 valence electrons. The van der Waals surface area contributed by atoms with Crippen molar-refractivity contribution in [1.29, 1.82) is 0 Å². The number of aromatic nitrogens is 1. The molecule has 0 radical (unpaired) electrons. The molecule has 19 heavy (non-hydrogen) atoms. The Kier molecular flexibility index (Phi) is 4.45. The molecule has 2 aromatic rings. The third-order valence-electron chi connectivity index (χ3n) is 2.67. The fraction of sp³-hybridized carbons (Fsp3) is 0.154. The van der Waals surface area contributed by atoms with Crippen LogP contribution < -0.4 is 4.87 Å². The maximum atomic E-state index is 12.8. The molecule has 6 heteroatoms. The van der Waals surface area contributed by atoms with Crippen molar-refractivity contribution in [2.24, 2.45) is 0 Å². The van der Waals surface area contributed by atoms with Crippen molar-refractivity contribution in [3.8, 4) is 0 Å². The second-order valence-electron chi connectivity index (χ2n) is 3.96. The van der Waals surface area contributed by atoms with Crippen LogP contribution in [0.5, 0.6) is 0 Å². The van der Waals surface area contributed by atoms with Crippen LogP contribution in [-0.2, 0) is 6.54 Å². The van der Waals surface area contributed by atoms with Gasteiger partial charge in [0.05, 0.1) is 11.4 Å². The van der Waals surface area contributed by atoms with E-state index < -0.39 is 0 Å². The van der Waals surface area contributed by atoms with Crippen LogP contribution in [0.4, 0.5) is 4.39 Å². The van der Waals surface area contributed by atoms with Crippen molar-refractivity contribution in [3.05, 3.63) is 60.4 Å². The number of thiazole rings is 1. The van der Waals surface area contributed by atoms with E-state index >= 15 is 0 Å². The van der Waals surface area contributed by atoms with Gasteiger partial charge in [-0.3, -0.25) is 9.36 Å². The van der Waals surface area contributed by atoms with Crippen LogP contribution in [0, 0.1) is 12.7 Å². The molecule has 0 saturated heterocycles. The highest BCUT2D eigenvalue weighted by molar-refractivity contribution is 7.10. The molecule has 2 nitrogen and oxygen atoms in total. The van der Waals surface area contributed by atoms with Gasteiger partial charge >= 0.3 is 4.87 Å². The molecule has 0 saturated carbocycles. The minimum Gasteiger partial charge on any atom is -0.298 e. The quantitative estimate of drug-likeness (QED) is 0.832. The van der Waals surface area contributed by atoms with Crippen molar-refractivity contribution in [3.63, 3.8) is 0 Å². The number of hydrogen-bond acceptors (Lipinski definition) is 2. The molecule has 2 rings (SSSR count). The maximum absolute atomic E-state index is 12.8. The van der Waals surface area contributed by atoms with Crippen LogP contribution in [0.2, 0.25) is 0 Å². The maximum Gasteiger partial charge on any atom is 0.308 e. The fourth-order valence-corrected chi connectivity index (χ4v) is 2.96. The second-order valence-corrected chi connectivity index (χ2v) is 5.97. The molecule has 1 aromatic carbocycles. The summed E-state index contributed by atoms with van der Waals surface area (Å²) in [4.78, 5) is 12.5. The summed E-state index contributed by atoms with van der Waals surface area (Å²) in [6, 6.07) is 6.06. The van der Waals surface area contributed by atoms with Gasteiger partial charge in [0.2, 0.25) is 0 Å². The minimum absolute atomic E-state index is 0.0948. The Bertz CT molecular complexity index is 669. The van der Waals surface area contributed by atoms with Gasteiger partial charge in [-0.2, -0.15) is 0 Å². The third-order valence-corrected chi connectivity index (χ3v) is 3.92. The summed E-state index contributed by atoms with van der Waals surface area (Å²) in [5.74, 6) is -0.296. The lowest BCUT2D eigenvalue weighted by Gasteiger charge is -2.05. The van der Waals surface area contributed by atoms with Crippen molar-refractivity contribution in [2.45, 2.75) is 13.5 Å². The normalized spacial score (nSPS) is 10.5. The van der Waals surface area contributed by atoms with Crippen LogP contribution in [0.3, 0.4) is 0 Å². The lowest BCUT2D eigenvalue weighted by molar-refractivity contribution is 0.626. The van der Waals surface area contributed by atoms with Gasteiger partial charge in [0, 0.05) is 5.69 Å². The molecule has 0 N–H and O–H groups in total. The van der Waals surface area contributed by atoms with Gasteiger partial charge in [0.25, 0.3) is 0 Å². The Morgan fingerprint density at radius 3 is 2.58 bits per heavy atom. The summed E-state index contributed by atoms with van der Waals surface area (Å²) in [6.45, 7) is 2.22. The van der Waals surface area contributed by atoms with Crippen molar-refractivity contribution >= 4 is 40.6 Å². The van der Waals surface area contributed by atoms with Gasteiger partial charge in [0.1, 0.15) is 10.3 Å². The number of rotatable bonds is 3. The SMILES string of the molecule is Cc1c(C=C(Cl)Cl)sc(=O)n1Cc1ccc(F)cc1. The molecule has 0 atom stereocenters. The van der Waals surface area contributed by atoms with E-state index in [0.717, 1.165) is 27.5 Å². The monoisotopic (exact) mass is 317 g/mol. The Hall–Kier alpha value is -1.10. The van der Waals surface area contributed by atoms with E-state index in [1.807, 2.05) is 6.92 Å². The highest BCUT2D eigenvalue weighted by Crippen LogP contribution is 2.20. The predicted molar refractivity (Wildman–Crippen MR) is 78.5 cm³/mol. The van der Waals surface area contributed by atoms with Crippen molar-refractivity contribution in [2.75, 3.05) is 0 Å². The van der Waals surface area contributed by atoms with Gasteiger partial charge in [0.15, 0.2) is 0 Å². The molecule has 0 bridgehead atoms. The van der Waals surface area contributed by atoms with Gasteiger partial charge in [-0.05, 0) is 30.7 Å². The number of halogens is 3. The molecule has 0 aliphatic carbocycles. The molecule has 0 amide bonds. The van der Waals surface area contributed by atoms with Crippen LogP contribution in [0.15, 0.2) is 33.6 Å². The number of hydrogen-bond donors (Lipinski definition) is 0. The Labute approximate surface area is 123 Å². The van der Waals surface area contributed by atoms with Gasteiger partial charge in [-0.1, -0.05) is 46.7 Å². The molecular formula is C13H10Cl2FNOS. The molecule has 1 aromatic heterocycles. The van der Waals surface area contributed by atoms with E-state index in [2.05, 4.69) is 0 Å². The molecule has 0 aliphatic rings. The summed E-state index contributed by atoms with van der Waals surface area (Å²) in [7, 11) is 0. The molecular weight excluding hydrogens is 308 g/mol. The first kappa shape index (κ1) is 14.3. The van der Waals surface area contributed by atoms with Gasteiger partial charge in [-0.15, -0.1) is 0 Å². The first-order valence-electron chi connectivity index (χ1n) is 5.45. The van der Waals surface area contributed by atoms with Crippen LogP contribution in [0.1, 0.15) is 16.1 Å². The first-order chi connectivity index (χ1) is 8.97. The third kappa shape index (κ3) is 3.47. The fourth-order valence-electron chi connectivity index (χ4n) is 1.68. The summed E-state index contributed by atoms with van der Waals surface area (Å²) < 4.78 is 14.5. The van der Waals surface area contributed by atoms with Crippen LogP contribution in [0.25, 0.3) is 6.08 Å². The highest BCUT2D eigenvalue weighted by Gasteiger charge is 2.10. The standard InChI is InChI=1S/C13H10Cl2FNOS/c1-8-11(6-12(14)15)19-13(18)17(8)7-9-2-4-10(16)5-3-9/h2-6H,7H2,1H3. The van der Waals surface area contributed by atoms with Gasteiger partial charge in [-0.25, -0.2) is 4.39 Å². The summed E-state index contributed by atoms with van der Waals surface area (Å²) in [5.41, 5.74) is 1.65. The van der Waals surface area contributed by atoms with Crippen molar-refractivity contribution < 1.29 is 4.39 Å². The Morgan fingerprint density at radius 1 is 1.37 bits per heavy atom.